The van der Waals surface area contributed by atoms with Crippen LogP contribution in [0.4, 0.5) is 0 Å². The Morgan fingerprint density at radius 1 is 0.886 bits per heavy atom. The summed E-state index contributed by atoms with van der Waals surface area (Å²) in [6.45, 7) is 7.01. The van der Waals surface area contributed by atoms with Crippen LogP contribution in [0.3, 0.4) is 0 Å². The number of ether oxygens (including phenoxy) is 1. The first-order chi connectivity index (χ1) is 16.6. The van der Waals surface area contributed by atoms with E-state index in [4.69, 9.17) is 9.15 Å². The quantitative estimate of drug-likeness (QED) is 0.239. The third-order valence-electron chi connectivity index (χ3n) is 5.84. The number of fused-ring (bicyclic) bond motifs is 1. The molecule has 0 amide bonds. The molecule has 1 aromatic heterocycles. The van der Waals surface area contributed by atoms with Crippen LogP contribution in [0.15, 0.2) is 80.8 Å². The molecule has 1 N–H and O–H groups in total. The highest BCUT2D eigenvalue weighted by Crippen LogP contribution is 2.32. The molecule has 0 fully saturated rings. The second-order valence-corrected chi connectivity index (χ2v) is 10.2. The fourth-order valence-electron chi connectivity index (χ4n) is 3.77. The lowest BCUT2D eigenvalue weighted by Crippen LogP contribution is -2.36. The monoisotopic (exact) mass is 491 g/mol. The summed E-state index contributed by atoms with van der Waals surface area (Å²) < 4.78 is 39.9. The summed E-state index contributed by atoms with van der Waals surface area (Å²) >= 11 is 0. The van der Waals surface area contributed by atoms with Crippen molar-refractivity contribution in [1.82, 2.24) is 4.72 Å². The smallest absolute Gasteiger partial charge is 0.339 e. The highest BCUT2D eigenvalue weighted by Gasteiger charge is 2.30. The number of nitrogens with one attached hydrogen (secondary N) is 1. The van der Waals surface area contributed by atoms with E-state index in [1.54, 1.807) is 75.4 Å². The van der Waals surface area contributed by atoms with E-state index in [9.17, 15) is 18.0 Å². The average molecular weight is 492 g/mol. The minimum atomic E-state index is -4.04. The fraction of sp³-hybridized carbons (Fsp3) is 0.185. The molecule has 35 heavy (non-hydrogen) atoms. The van der Waals surface area contributed by atoms with Gasteiger partial charge in [0.25, 0.3) is 0 Å². The highest BCUT2D eigenvalue weighted by atomic mass is 32.2. The molecule has 0 radical (unpaired) electrons. The number of aryl methyl sites for hydroxylation is 3. The molecule has 0 aliphatic rings. The van der Waals surface area contributed by atoms with Crippen LogP contribution in [0, 0.1) is 27.7 Å². The molecule has 0 saturated heterocycles. The maximum Gasteiger partial charge on any atom is 0.339 e. The Labute approximate surface area is 203 Å². The van der Waals surface area contributed by atoms with E-state index in [0.717, 1.165) is 5.56 Å². The molecule has 180 valence electrons. The molecule has 0 spiro atoms. The normalized spacial score (nSPS) is 12.5. The summed E-state index contributed by atoms with van der Waals surface area (Å²) in [4.78, 5) is 25.6. The van der Waals surface area contributed by atoms with Crippen LogP contribution in [0.2, 0.25) is 0 Å². The van der Waals surface area contributed by atoms with Crippen molar-refractivity contribution in [3.05, 3.63) is 105 Å². The van der Waals surface area contributed by atoms with Crippen molar-refractivity contribution in [3.63, 3.8) is 0 Å². The molecular formula is C27H25NO6S. The second-order valence-electron chi connectivity index (χ2n) is 8.47. The number of hydrogen-bond acceptors (Lipinski definition) is 6. The summed E-state index contributed by atoms with van der Waals surface area (Å²) in [5.74, 6) is -0.633. The van der Waals surface area contributed by atoms with Gasteiger partial charge >= 0.3 is 11.6 Å². The molecular weight excluding hydrogens is 466 g/mol. The zero-order chi connectivity index (χ0) is 25.3. The topological polar surface area (TPSA) is 103 Å². The summed E-state index contributed by atoms with van der Waals surface area (Å²) in [6, 6.07) is 16.8. The van der Waals surface area contributed by atoms with Gasteiger partial charge in [-0.3, -0.25) is 0 Å². The van der Waals surface area contributed by atoms with Crippen molar-refractivity contribution in [2.24, 2.45) is 0 Å². The van der Waals surface area contributed by atoms with Gasteiger partial charge in [0.2, 0.25) is 10.0 Å². The zero-order valence-corrected chi connectivity index (χ0v) is 20.6. The van der Waals surface area contributed by atoms with Crippen molar-refractivity contribution in [1.29, 1.82) is 0 Å². The number of esters is 1. The molecule has 0 bridgehead atoms. The van der Waals surface area contributed by atoms with E-state index in [1.165, 1.54) is 12.1 Å². The van der Waals surface area contributed by atoms with Gasteiger partial charge in [0.15, 0.2) is 0 Å². The first-order valence-electron chi connectivity index (χ1n) is 11.0. The summed E-state index contributed by atoms with van der Waals surface area (Å²) in [5, 5.41) is 0.481. The Balaban J connectivity index is 1.77. The van der Waals surface area contributed by atoms with E-state index in [1.807, 2.05) is 6.92 Å². The van der Waals surface area contributed by atoms with E-state index in [0.29, 0.717) is 27.6 Å². The summed E-state index contributed by atoms with van der Waals surface area (Å²) in [6.07, 6.45) is 0. The summed E-state index contributed by atoms with van der Waals surface area (Å²) in [7, 11) is -4.04. The lowest BCUT2D eigenvalue weighted by molar-refractivity contribution is -0.136. The largest absolute Gasteiger partial charge is 0.424 e. The molecule has 7 nitrogen and oxygen atoms in total. The Morgan fingerprint density at radius 2 is 1.54 bits per heavy atom. The van der Waals surface area contributed by atoms with Crippen LogP contribution in [0.5, 0.6) is 5.75 Å². The first-order valence-corrected chi connectivity index (χ1v) is 12.5. The van der Waals surface area contributed by atoms with Crippen LogP contribution >= 0.6 is 0 Å². The average Bonchev–Trinajstić information content (AvgIpc) is 2.81. The van der Waals surface area contributed by atoms with Gasteiger partial charge in [-0.2, -0.15) is 4.72 Å². The third-order valence-corrected chi connectivity index (χ3v) is 7.28. The predicted octanol–water partition coefficient (Wildman–Crippen LogP) is 4.65. The van der Waals surface area contributed by atoms with Gasteiger partial charge in [0, 0.05) is 5.56 Å². The molecule has 0 aliphatic heterocycles. The molecule has 0 aliphatic carbocycles. The van der Waals surface area contributed by atoms with Gasteiger partial charge < -0.3 is 9.15 Å². The van der Waals surface area contributed by atoms with E-state index in [2.05, 4.69) is 4.72 Å². The number of sulfonamides is 1. The first kappa shape index (κ1) is 24.4. The molecule has 0 saturated carbocycles. The molecule has 8 heteroatoms. The van der Waals surface area contributed by atoms with Crippen molar-refractivity contribution >= 4 is 27.0 Å². The summed E-state index contributed by atoms with van der Waals surface area (Å²) in [5.41, 5.74) is 2.89. The number of rotatable bonds is 6. The van der Waals surface area contributed by atoms with Crippen LogP contribution < -0.4 is 15.1 Å². The van der Waals surface area contributed by atoms with E-state index >= 15 is 0 Å². The standard InChI is InChI=1S/C27H25NO6S/c1-16-10-12-21(13-11-16)35(31,32)28-25(20-8-6-5-7-9-20)27(30)34-23-15-17(2)14-22-24(23)18(3)19(4)26(29)33-22/h5-15,25,28H,1-4H3/t25-/m0/s1. The molecule has 4 rings (SSSR count). The van der Waals surface area contributed by atoms with Crippen molar-refractivity contribution < 1.29 is 22.4 Å². The SMILES string of the molecule is Cc1ccc(S(=O)(=O)N[C@H](C(=O)Oc2cc(C)cc3oc(=O)c(C)c(C)c23)c2ccccc2)cc1. The van der Waals surface area contributed by atoms with Crippen molar-refractivity contribution in [2.45, 2.75) is 38.6 Å². The molecule has 4 aromatic rings. The number of carbonyl (C=O) groups is 1. The molecule has 0 unspecified atom stereocenters. The van der Waals surface area contributed by atoms with Crippen LogP contribution in [-0.4, -0.2) is 14.4 Å². The number of benzene rings is 3. The number of hydrogen-bond donors (Lipinski definition) is 1. The van der Waals surface area contributed by atoms with Gasteiger partial charge in [-0.25, -0.2) is 18.0 Å². The van der Waals surface area contributed by atoms with Gasteiger partial charge in [-0.1, -0.05) is 48.0 Å². The third kappa shape index (κ3) is 5.03. The van der Waals surface area contributed by atoms with Gasteiger partial charge in [0.05, 0.1) is 10.3 Å². The minimum Gasteiger partial charge on any atom is -0.424 e. The minimum absolute atomic E-state index is 0.0334. The highest BCUT2D eigenvalue weighted by molar-refractivity contribution is 7.89. The Bertz CT molecular complexity index is 1570. The fourth-order valence-corrected chi connectivity index (χ4v) is 4.95. The Kier molecular flexibility index (Phi) is 6.60. The van der Waals surface area contributed by atoms with E-state index in [-0.39, 0.29) is 16.2 Å². The van der Waals surface area contributed by atoms with Gasteiger partial charge in [-0.15, -0.1) is 0 Å². The van der Waals surface area contributed by atoms with Gasteiger partial charge in [0.1, 0.15) is 17.4 Å². The maximum absolute atomic E-state index is 13.5. The van der Waals surface area contributed by atoms with Crippen LogP contribution in [0.1, 0.15) is 33.9 Å². The number of carbonyl (C=O) groups excluding carboxylic acids is 1. The molecule has 3 aromatic carbocycles. The van der Waals surface area contributed by atoms with Crippen LogP contribution in [-0.2, 0) is 14.8 Å². The van der Waals surface area contributed by atoms with E-state index < -0.39 is 27.7 Å². The lowest BCUT2D eigenvalue weighted by Gasteiger charge is -2.19. The Hall–Kier alpha value is -3.75. The lowest BCUT2D eigenvalue weighted by atomic mass is 10.0. The van der Waals surface area contributed by atoms with Crippen molar-refractivity contribution in [3.8, 4) is 5.75 Å². The second kappa shape index (κ2) is 9.48. The van der Waals surface area contributed by atoms with Gasteiger partial charge in [-0.05, 0) is 68.7 Å². The maximum atomic E-state index is 13.5. The zero-order valence-electron chi connectivity index (χ0n) is 19.8. The molecule has 1 atom stereocenters. The van der Waals surface area contributed by atoms with Crippen LogP contribution in [0.25, 0.3) is 11.0 Å². The Morgan fingerprint density at radius 3 is 2.20 bits per heavy atom. The predicted molar refractivity (Wildman–Crippen MR) is 133 cm³/mol. The molecule has 1 heterocycles. The van der Waals surface area contributed by atoms with Crippen molar-refractivity contribution in [2.75, 3.05) is 0 Å².